The number of nitrogens with two attached hydrogens (primary N) is 1. The van der Waals surface area contributed by atoms with Gasteiger partial charge in [0.25, 0.3) is 0 Å². The molecule has 0 radical (unpaired) electrons. The predicted octanol–water partition coefficient (Wildman–Crippen LogP) is 1.16. The Morgan fingerprint density at radius 1 is 1.33 bits per heavy atom. The number of rotatable bonds is 6. The van der Waals surface area contributed by atoms with Crippen LogP contribution < -0.4 is 15.8 Å². The molecule has 0 saturated carbocycles. The molecule has 3 heterocycles. The van der Waals surface area contributed by atoms with Gasteiger partial charge in [-0.1, -0.05) is 6.92 Å². The zero-order chi connectivity index (χ0) is 17.1. The van der Waals surface area contributed by atoms with E-state index in [4.69, 9.17) is 10.5 Å². The first kappa shape index (κ1) is 15.8. The summed E-state index contributed by atoms with van der Waals surface area (Å²) in [4.78, 5) is 8.41. The van der Waals surface area contributed by atoms with Crippen molar-refractivity contribution in [1.82, 2.24) is 29.5 Å². The standard InChI is InChI=1S/C15H20N8O/c1-4-11-10(14(24-3)22(2)21-11)9-17-12-8-13(20-15(16)19-12)23-7-5-6-18-23/h5-8H,4,9H2,1-3H3,(H3,16,17,19,20). The topological polar surface area (TPSA) is 109 Å². The number of aromatic nitrogens is 6. The molecule has 9 heteroatoms. The number of methoxy groups -OCH3 is 1. The summed E-state index contributed by atoms with van der Waals surface area (Å²) in [5, 5.41) is 11.9. The summed E-state index contributed by atoms with van der Waals surface area (Å²) in [6.07, 6.45) is 4.29. The fourth-order valence-electron chi connectivity index (χ4n) is 2.57. The van der Waals surface area contributed by atoms with Gasteiger partial charge in [0.15, 0.2) is 5.82 Å². The number of ether oxygens (including phenoxy) is 1. The lowest BCUT2D eigenvalue weighted by atomic mass is 10.2. The van der Waals surface area contributed by atoms with Gasteiger partial charge in [0.05, 0.1) is 18.4 Å². The van der Waals surface area contributed by atoms with E-state index in [2.05, 4.69) is 32.4 Å². The summed E-state index contributed by atoms with van der Waals surface area (Å²) < 4.78 is 8.81. The minimum absolute atomic E-state index is 0.180. The maximum absolute atomic E-state index is 5.81. The Balaban J connectivity index is 1.85. The van der Waals surface area contributed by atoms with Crippen molar-refractivity contribution in [2.45, 2.75) is 19.9 Å². The van der Waals surface area contributed by atoms with E-state index >= 15 is 0 Å². The zero-order valence-electron chi connectivity index (χ0n) is 13.9. The highest BCUT2D eigenvalue weighted by atomic mass is 16.5. The molecular weight excluding hydrogens is 308 g/mol. The summed E-state index contributed by atoms with van der Waals surface area (Å²) in [6, 6.07) is 3.61. The highest BCUT2D eigenvalue weighted by molar-refractivity contribution is 5.47. The molecule has 0 fully saturated rings. The molecule has 3 aromatic rings. The first-order valence-corrected chi connectivity index (χ1v) is 7.59. The van der Waals surface area contributed by atoms with Gasteiger partial charge >= 0.3 is 0 Å². The Kier molecular flexibility index (Phi) is 4.32. The lowest BCUT2D eigenvalue weighted by Crippen LogP contribution is -2.09. The number of hydrogen-bond acceptors (Lipinski definition) is 7. The largest absolute Gasteiger partial charge is 0.481 e. The van der Waals surface area contributed by atoms with Crippen molar-refractivity contribution in [3.63, 3.8) is 0 Å². The van der Waals surface area contributed by atoms with Crippen molar-refractivity contribution in [2.24, 2.45) is 7.05 Å². The van der Waals surface area contributed by atoms with Crippen LogP contribution in [0.3, 0.4) is 0 Å². The Morgan fingerprint density at radius 2 is 2.17 bits per heavy atom. The molecule has 9 nitrogen and oxygen atoms in total. The molecule has 24 heavy (non-hydrogen) atoms. The van der Waals surface area contributed by atoms with Crippen LogP contribution in [-0.4, -0.2) is 36.6 Å². The van der Waals surface area contributed by atoms with Crippen LogP contribution in [0.4, 0.5) is 11.8 Å². The Hall–Kier alpha value is -3.10. The Morgan fingerprint density at radius 3 is 2.83 bits per heavy atom. The minimum atomic E-state index is 0.180. The molecule has 3 aromatic heterocycles. The van der Waals surface area contributed by atoms with Crippen LogP contribution in [-0.2, 0) is 20.0 Å². The minimum Gasteiger partial charge on any atom is -0.481 e. The molecule has 0 amide bonds. The van der Waals surface area contributed by atoms with Gasteiger partial charge < -0.3 is 15.8 Å². The van der Waals surface area contributed by atoms with E-state index in [-0.39, 0.29) is 5.95 Å². The van der Waals surface area contributed by atoms with E-state index in [9.17, 15) is 0 Å². The van der Waals surface area contributed by atoms with E-state index in [0.717, 1.165) is 23.6 Å². The second kappa shape index (κ2) is 6.57. The van der Waals surface area contributed by atoms with Crippen LogP contribution in [0.25, 0.3) is 5.82 Å². The van der Waals surface area contributed by atoms with Gasteiger partial charge in [-0.05, 0) is 12.5 Å². The molecular formula is C15H20N8O. The summed E-state index contributed by atoms with van der Waals surface area (Å²) in [6.45, 7) is 2.58. The van der Waals surface area contributed by atoms with E-state index in [1.165, 1.54) is 0 Å². The van der Waals surface area contributed by atoms with Crippen molar-refractivity contribution in [3.05, 3.63) is 35.8 Å². The van der Waals surface area contributed by atoms with Crippen molar-refractivity contribution in [3.8, 4) is 11.7 Å². The number of nitrogens with zero attached hydrogens (tertiary/aromatic N) is 6. The predicted molar refractivity (Wildman–Crippen MR) is 90.0 cm³/mol. The lowest BCUT2D eigenvalue weighted by molar-refractivity contribution is 0.369. The molecule has 3 rings (SSSR count). The molecule has 126 valence electrons. The smallest absolute Gasteiger partial charge is 0.224 e. The van der Waals surface area contributed by atoms with Crippen molar-refractivity contribution >= 4 is 11.8 Å². The molecule has 0 bridgehead atoms. The third kappa shape index (κ3) is 3.00. The highest BCUT2D eigenvalue weighted by Crippen LogP contribution is 2.23. The summed E-state index contributed by atoms with van der Waals surface area (Å²) in [7, 11) is 3.50. The first-order valence-electron chi connectivity index (χ1n) is 7.59. The number of nitrogens with one attached hydrogen (secondary N) is 1. The molecule has 0 spiro atoms. The highest BCUT2D eigenvalue weighted by Gasteiger charge is 2.16. The van der Waals surface area contributed by atoms with Gasteiger partial charge in [-0.25, -0.2) is 9.36 Å². The third-order valence-electron chi connectivity index (χ3n) is 3.61. The van der Waals surface area contributed by atoms with Crippen molar-refractivity contribution < 1.29 is 4.74 Å². The molecule has 0 atom stereocenters. The van der Waals surface area contributed by atoms with Gasteiger partial charge in [-0.3, -0.25) is 0 Å². The van der Waals surface area contributed by atoms with Crippen LogP contribution in [0, 0.1) is 0 Å². The van der Waals surface area contributed by atoms with Crippen LogP contribution in [0.15, 0.2) is 24.5 Å². The fraction of sp³-hybridized carbons (Fsp3) is 0.333. The zero-order valence-corrected chi connectivity index (χ0v) is 13.9. The number of aryl methyl sites for hydroxylation is 2. The Bertz CT molecular complexity index is 824. The summed E-state index contributed by atoms with van der Waals surface area (Å²) in [5.74, 6) is 2.12. The molecule has 0 aromatic carbocycles. The Labute approximate surface area is 139 Å². The quantitative estimate of drug-likeness (QED) is 0.699. The third-order valence-corrected chi connectivity index (χ3v) is 3.61. The molecule has 0 saturated heterocycles. The first-order chi connectivity index (χ1) is 11.6. The maximum atomic E-state index is 5.81. The normalized spacial score (nSPS) is 10.8. The molecule has 0 aliphatic heterocycles. The van der Waals surface area contributed by atoms with E-state index in [0.29, 0.717) is 18.2 Å². The number of hydrogen-bond donors (Lipinski definition) is 2. The van der Waals surface area contributed by atoms with Gasteiger partial charge in [-0.15, -0.1) is 0 Å². The van der Waals surface area contributed by atoms with Crippen molar-refractivity contribution in [2.75, 3.05) is 18.2 Å². The average Bonchev–Trinajstić information content (AvgIpc) is 3.19. The van der Waals surface area contributed by atoms with Gasteiger partial charge in [-0.2, -0.15) is 20.2 Å². The number of anilines is 2. The molecule has 0 unspecified atom stereocenters. The molecule has 3 N–H and O–H groups in total. The lowest BCUT2D eigenvalue weighted by Gasteiger charge is -2.10. The van der Waals surface area contributed by atoms with Crippen LogP contribution in [0.2, 0.25) is 0 Å². The van der Waals surface area contributed by atoms with Gasteiger partial charge in [0.2, 0.25) is 11.8 Å². The van der Waals surface area contributed by atoms with Crippen LogP contribution in [0.5, 0.6) is 5.88 Å². The van der Waals surface area contributed by atoms with Crippen LogP contribution >= 0.6 is 0 Å². The van der Waals surface area contributed by atoms with Gasteiger partial charge in [0, 0.05) is 32.1 Å². The fourth-order valence-corrected chi connectivity index (χ4v) is 2.57. The van der Waals surface area contributed by atoms with E-state index in [1.54, 1.807) is 34.9 Å². The maximum Gasteiger partial charge on any atom is 0.224 e. The van der Waals surface area contributed by atoms with Gasteiger partial charge in [0.1, 0.15) is 5.82 Å². The van der Waals surface area contributed by atoms with E-state index < -0.39 is 0 Å². The average molecular weight is 328 g/mol. The van der Waals surface area contributed by atoms with Crippen LogP contribution in [0.1, 0.15) is 18.2 Å². The number of nitrogen functional groups attached to an aromatic ring is 1. The molecule has 0 aliphatic rings. The SMILES string of the molecule is CCc1nn(C)c(OC)c1CNc1cc(-n2cccn2)nc(N)n1. The molecule has 0 aliphatic carbocycles. The second-order valence-electron chi connectivity index (χ2n) is 5.19. The second-order valence-corrected chi connectivity index (χ2v) is 5.19. The monoisotopic (exact) mass is 328 g/mol. The van der Waals surface area contributed by atoms with E-state index in [1.807, 2.05) is 13.1 Å². The summed E-state index contributed by atoms with van der Waals surface area (Å²) >= 11 is 0. The van der Waals surface area contributed by atoms with Crippen molar-refractivity contribution in [1.29, 1.82) is 0 Å². The summed E-state index contributed by atoms with van der Waals surface area (Å²) in [5.41, 5.74) is 7.79.